The second-order valence-electron chi connectivity index (χ2n) is 6.33. The van der Waals surface area contributed by atoms with Crippen molar-refractivity contribution < 1.29 is 26.7 Å². The Morgan fingerprint density at radius 1 is 1.37 bits per heavy atom. The van der Waals surface area contributed by atoms with Crippen LogP contribution in [0.5, 0.6) is 5.75 Å². The second kappa shape index (κ2) is 6.01. The molecule has 1 saturated carbocycles. The van der Waals surface area contributed by atoms with Crippen LogP contribution in [0.4, 0.5) is 13.2 Å². The number of alkyl halides is 3. The van der Waals surface area contributed by atoms with E-state index in [1.54, 1.807) is 13.0 Å². The highest BCUT2D eigenvalue weighted by Gasteiger charge is 2.66. The fraction of sp³-hybridized carbons (Fsp3) is 0.375. The van der Waals surface area contributed by atoms with Crippen molar-refractivity contribution in [2.75, 3.05) is 7.11 Å². The molecule has 1 aliphatic carbocycles. The van der Waals surface area contributed by atoms with Gasteiger partial charge in [-0.1, -0.05) is 11.3 Å². The molecule has 1 fully saturated rings. The van der Waals surface area contributed by atoms with Gasteiger partial charge in [0.05, 0.1) is 23.4 Å². The molecule has 1 atom stereocenters. The number of aromatic nitrogens is 3. The number of imidazole rings is 1. The zero-order valence-electron chi connectivity index (χ0n) is 14.2. The first-order valence-electron chi connectivity index (χ1n) is 7.89. The Morgan fingerprint density at radius 3 is 2.63 bits per heavy atom. The summed E-state index contributed by atoms with van der Waals surface area (Å²) in [6, 6.07) is 4.51. The van der Waals surface area contributed by atoms with Crippen molar-refractivity contribution in [1.82, 2.24) is 14.6 Å². The largest absolute Gasteiger partial charge is 0.768 e. The maximum Gasteiger partial charge on any atom is 0.400 e. The van der Waals surface area contributed by atoms with Crippen LogP contribution < -0.4 is 4.74 Å². The van der Waals surface area contributed by atoms with Gasteiger partial charge >= 0.3 is 6.18 Å². The Kier molecular flexibility index (Phi) is 4.09. The highest BCUT2D eigenvalue weighted by atomic mass is 32.2. The third-order valence-corrected chi connectivity index (χ3v) is 6.49. The molecule has 0 spiro atoms. The van der Waals surface area contributed by atoms with Crippen LogP contribution in [0.15, 0.2) is 23.1 Å². The Labute approximate surface area is 158 Å². The first kappa shape index (κ1) is 18.4. The summed E-state index contributed by atoms with van der Waals surface area (Å²) in [4.78, 5) is 4.61. The Balaban J connectivity index is 1.87. The fourth-order valence-electron chi connectivity index (χ4n) is 3.07. The highest BCUT2D eigenvalue weighted by Crippen LogP contribution is 2.59. The summed E-state index contributed by atoms with van der Waals surface area (Å²) >= 11 is -1.62. The molecule has 4 rings (SSSR count). The van der Waals surface area contributed by atoms with Crippen LogP contribution in [0, 0.1) is 6.92 Å². The summed E-state index contributed by atoms with van der Waals surface area (Å²) in [5, 5.41) is 4.18. The molecule has 1 aliphatic rings. The summed E-state index contributed by atoms with van der Waals surface area (Å²) in [6.45, 7) is 1.70. The van der Waals surface area contributed by atoms with E-state index in [-0.39, 0.29) is 28.5 Å². The molecule has 0 bridgehead atoms. The van der Waals surface area contributed by atoms with E-state index in [4.69, 9.17) is 4.74 Å². The molecule has 0 amide bonds. The minimum absolute atomic E-state index is 0.0140. The van der Waals surface area contributed by atoms with Gasteiger partial charge in [0.1, 0.15) is 16.2 Å². The topological polar surface area (TPSA) is 79.5 Å². The second-order valence-corrected chi connectivity index (χ2v) is 8.19. The number of halogens is 3. The van der Waals surface area contributed by atoms with Crippen molar-refractivity contribution in [3.05, 3.63) is 28.9 Å². The van der Waals surface area contributed by atoms with Gasteiger partial charge in [0.15, 0.2) is 0 Å². The number of hydrogen-bond donors (Lipinski definition) is 0. The number of aryl methyl sites for hydroxylation is 1. The van der Waals surface area contributed by atoms with E-state index in [9.17, 15) is 21.9 Å². The van der Waals surface area contributed by atoms with Crippen molar-refractivity contribution in [1.29, 1.82) is 0 Å². The lowest BCUT2D eigenvalue weighted by Gasteiger charge is -2.15. The van der Waals surface area contributed by atoms with Crippen LogP contribution in [0.2, 0.25) is 0 Å². The molecule has 1 unspecified atom stereocenters. The van der Waals surface area contributed by atoms with Crippen LogP contribution in [-0.2, 0) is 16.5 Å². The monoisotopic (exact) mass is 416 g/mol. The van der Waals surface area contributed by atoms with Crippen LogP contribution >= 0.6 is 11.3 Å². The minimum Gasteiger partial charge on any atom is -0.768 e. The molecular formula is C16H13F3N3O3S2-. The number of rotatable bonds is 4. The van der Waals surface area contributed by atoms with Gasteiger partial charge in [0.25, 0.3) is 0 Å². The van der Waals surface area contributed by atoms with Gasteiger partial charge in [-0.2, -0.15) is 18.3 Å². The molecule has 0 saturated heterocycles. The maximum absolute atomic E-state index is 13.4. The Bertz CT molecular complexity index is 1070. The quantitative estimate of drug-likeness (QED) is 0.607. The molecule has 144 valence electrons. The molecule has 0 radical (unpaired) electrons. The SMILES string of the molecule is COc1ccc(-c2c(C)nc3sc(C4(C(F)(F)F)CC4)nn23)cc1S(=O)[O-]. The van der Waals surface area contributed by atoms with Gasteiger partial charge in [-0.3, -0.25) is 4.21 Å². The molecule has 11 heteroatoms. The van der Waals surface area contributed by atoms with E-state index < -0.39 is 22.7 Å². The predicted octanol–water partition coefficient (Wildman–Crippen LogP) is 3.61. The van der Waals surface area contributed by atoms with E-state index >= 15 is 0 Å². The third-order valence-electron chi connectivity index (χ3n) is 4.70. The minimum atomic E-state index is -4.36. The third kappa shape index (κ3) is 2.75. The van der Waals surface area contributed by atoms with Gasteiger partial charge in [0, 0.05) is 5.56 Å². The van der Waals surface area contributed by atoms with Crippen molar-refractivity contribution in [3.63, 3.8) is 0 Å². The fourth-order valence-corrected chi connectivity index (χ4v) is 4.82. The van der Waals surface area contributed by atoms with Gasteiger partial charge in [-0.05, 0) is 49.0 Å². The van der Waals surface area contributed by atoms with Crippen molar-refractivity contribution in [2.45, 2.75) is 36.3 Å². The average Bonchev–Trinajstić information content (AvgIpc) is 3.24. The number of nitrogens with zero attached hydrogens (tertiary/aromatic N) is 3. The molecule has 1 aromatic carbocycles. The first-order valence-corrected chi connectivity index (χ1v) is 9.78. The predicted molar refractivity (Wildman–Crippen MR) is 91.7 cm³/mol. The molecule has 2 heterocycles. The summed E-state index contributed by atoms with van der Waals surface area (Å²) < 4.78 is 69.5. The van der Waals surface area contributed by atoms with Gasteiger partial charge in [0.2, 0.25) is 4.96 Å². The average molecular weight is 416 g/mol. The lowest BCUT2D eigenvalue weighted by Crippen LogP contribution is -2.28. The number of ether oxygens (including phenoxy) is 1. The van der Waals surface area contributed by atoms with E-state index in [1.807, 2.05) is 0 Å². The molecule has 6 nitrogen and oxygen atoms in total. The zero-order chi connectivity index (χ0) is 19.6. The summed E-state index contributed by atoms with van der Waals surface area (Å²) in [5.74, 6) is 0.179. The van der Waals surface area contributed by atoms with Crippen LogP contribution in [0.3, 0.4) is 0 Å². The Hall–Kier alpha value is -1.98. The standard InChI is InChI=1S/C16H14F3N3O3S2/c1-8-12(9-3-4-10(25-2)11(7-9)27(23)24)22-14(20-8)26-13(21-22)15(5-6-15)16(17,18)19/h3-4,7H,5-6H2,1-2H3,(H,23,24)/p-1. The van der Waals surface area contributed by atoms with E-state index in [0.29, 0.717) is 21.9 Å². The molecule has 3 aromatic rings. The van der Waals surface area contributed by atoms with Crippen LogP contribution in [0.25, 0.3) is 16.2 Å². The van der Waals surface area contributed by atoms with Crippen LogP contribution in [0.1, 0.15) is 23.5 Å². The summed E-state index contributed by atoms with van der Waals surface area (Å²) in [7, 11) is 1.35. The Morgan fingerprint density at radius 2 is 2.07 bits per heavy atom. The summed E-state index contributed by atoms with van der Waals surface area (Å²) in [6.07, 6.45) is -4.32. The lowest BCUT2D eigenvalue weighted by molar-refractivity contribution is -0.160. The van der Waals surface area contributed by atoms with Crippen molar-refractivity contribution in [2.24, 2.45) is 0 Å². The normalized spacial score (nSPS) is 17.3. The van der Waals surface area contributed by atoms with Crippen LogP contribution in [-0.4, -0.2) is 36.6 Å². The zero-order valence-corrected chi connectivity index (χ0v) is 15.8. The molecule has 0 aliphatic heterocycles. The number of hydrogen-bond acceptors (Lipinski definition) is 6. The smallest absolute Gasteiger partial charge is 0.400 e. The van der Waals surface area contributed by atoms with E-state index in [0.717, 1.165) is 11.3 Å². The number of fused-ring (bicyclic) bond motifs is 1. The van der Waals surface area contributed by atoms with Gasteiger partial charge in [-0.25, -0.2) is 9.50 Å². The van der Waals surface area contributed by atoms with Crippen molar-refractivity contribution in [3.8, 4) is 17.0 Å². The van der Waals surface area contributed by atoms with Gasteiger partial charge in [-0.15, -0.1) is 0 Å². The highest BCUT2D eigenvalue weighted by molar-refractivity contribution is 7.79. The van der Waals surface area contributed by atoms with Gasteiger partial charge < -0.3 is 9.29 Å². The van der Waals surface area contributed by atoms with Crippen molar-refractivity contribution >= 4 is 27.4 Å². The number of benzene rings is 1. The first-order chi connectivity index (χ1) is 12.7. The lowest BCUT2D eigenvalue weighted by atomic mass is 10.1. The molecule has 27 heavy (non-hydrogen) atoms. The van der Waals surface area contributed by atoms with E-state index in [1.165, 1.54) is 23.8 Å². The molecule has 2 aromatic heterocycles. The number of methoxy groups -OCH3 is 1. The summed E-state index contributed by atoms with van der Waals surface area (Å²) in [5.41, 5.74) is -0.399. The molecule has 0 N–H and O–H groups in total. The molecular weight excluding hydrogens is 403 g/mol. The maximum atomic E-state index is 13.4. The van der Waals surface area contributed by atoms with E-state index in [2.05, 4.69) is 10.1 Å².